The largest absolute Gasteiger partial charge is 0.446 e. The van der Waals surface area contributed by atoms with Gasteiger partial charge in [-0.3, -0.25) is 9.89 Å². The molecule has 4 N–H and O–H groups in total. The molecular weight excluding hydrogens is 224 g/mol. The standard InChI is InChI=1S/C10H14N4O3/c11-10(16)17-7-2-1-6(3-7)8-4-9(12-5-15)14-13-8/h4-7H,1-3H2,(H2,11,16)(H2,12,13,14,15). The van der Waals surface area contributed by atoms with Gasteiger partial charge in [0.15, 0.2) is 5.82 Å². The number of primary amides is 1. The number of rotatable bonds is 4. The van der Waals surface area contributed by atoms with Crippen molar-refractivity contribution in [1.29, 1.82) is 0 Å². The Hall–Kier alpha value is -2.05. The van der Waals surface area contributed by atoms with Crippen LogP contribution in [0, 0.1) is 0 Å². The van der Waals surface area contributed by atoms with E-state index in [2.05, 4.69) is 15.5 Å². The summed E-state index contributed by atoms with van der Waals surface area (Å²) in [6, 6.07) is 1.78. The molecule has 1 aliphatic carbocycles. The van der Waals surface area contributed by atoms with Crippen molar-refractivity contribution in [3.05, 3.63) is 11.8 Å². The fourth-order valence-corrected chi connectivity index (χ4v) is 2.17. The summed E-state index contributed by atoms with van der Waals surface area (Å²) >= 11 is 0. The summed E-state index contributed by atoms with van der Waals surface area (Å²) in [4.78, 5) is 20.9. The van der Waals surface area contributed by atoms with Crippen LogP contribution in [-0.2, 0) is 9.53 Å². The molecule has 2 atom stereocenters. The number of ether oxygens (including phenoxy) is 1. The summed E-state index contributed by atoms with van der Waals surface area (Å²) in [7, 11) is 0. The van der Waals surface area contributed by atoms with Gasteiger partial charge in [0.25, 0.3) is 0 Å². The van der Waals surface area contributed by atoms with Gasteiger partial charge < -0.3 is 15.8 Å². The van der Waals surface area contributed by atoms with Crippen molar-refractivity contribution >= 4 is 18.3 Å². The number of aromatic nitrogens is 2. The molecule has 0 aromatic carbocycles. The van der Waals surface area contributed by atoms with Gasteiger partial charge in [-0.1, -0.05) is 0 Å². The van der Waals surface area contributed by atoms with Gasteiger partial charge >= 0.3 is 6.09 Å². The summed E-state index contributed by atoms with van der Waals surface area (Å²) in [5.74, 6) is 0.753. The highest BCUT2D eigenvalue weighted by atomic mass is 16.6. The predicted molar refractivity (Wildman–Crippen MR) is 59.3 cm³/mol. The maximum absolute atomic E-state index is 10.6. The Balaban J connectivity index is 1.94. The van der Waals surface area contributed by atoms with E-state index in [0.717, 1.165) is 25.0 Å². The minimum atomic E-state index is -0.733. The third kappa shape index (κ3) is 2.74. The molecule has 1 aromatic heterocycles. The maximum atomic E-state index is 10.6. The van der Waals surface area contributed by atoms with E-state index in [1.54, 1.807) is 6.07 Å². The zero-order chi connectivity index (χ0) is 12.3. The Morgan fingerprint density at radius 1 is 1.65 bits per heavy atom. The Labute approximate surface area is 97.7 Å². The van der Waals surface area contributed by atoms with Gasteiger partial charge in [0, 0.05) is 17.7 Å². The van der Waals surface area contributed by atoms with Crippen molar-refractivity contribution in [3.63, 3.8) is 0 Å². The number of anilines is 1. The molecule has 17 heavy (non-hydrogen) atoms. The number of aromatic amines is 1. The number of nitrogens with zero attached hydrogens (tertiary/aromatic N) is 1. The van der Waals surface area contributed by atoms with Crippen LogP contribution < -0.4 is 11.1 Å². The lowest BCUT2D eigenvalue weighted by Crippen LogP contribution is -2.20. The normalized spacial score (nSPS) is 23.3. The minimum Gasteiger partial charge on any atom is -0.446 e. The third-order valence-corrected chi connectivity index (χ3v) is 2.91. The van der Waals surface area contributed by atoms with E-state index in [0.29, 0.717) is 12.2 Å². The fourth-order valence-electron chi connectivity index (χ4n) is 2.17. The summed E-state index contributed by atoms with van der Waals surface area (Å²) in [5.41, 5.74) is 5.91. The Bertz CT molecular complexity index is 417. The number of carbonyl (C=O) groups excluding carboxylic acids is 2. The lowest BCUT2D eigenvalue weighted by Gasteiger charge is -2.09. The molecule has 1 heterocycles. The molecule has 0 aliphatic heterocycles. The van der Waals surface area contributed by atoms with E-state index in [-0.39, 0.29) is 12.0 Å². The Kier molecular flexibility index (Phi) is 3.27. The second-order valence-corrected chi connectivity index (χ2v) is 4.04. The zero-order valence-corrected chi connectivity index (χ0v) is 9.18. The highest BCUT2D eigenvalue weighted by Crippen LogP contribution is 2.35. The summed E-state index contributed by atoms with van der Waals surface area (Å²) in [6.07, 6.45) is 2.15. The summed E-state index contributed by atoms with van der Waals surface area (Å²) in [5, 5.41) is 9.27. The maximum Gasteiger partial charge on any atom is 0.404 e. The van der Waals surface area contributed by atoms with Crippen LogP contribution in [0.4, 0.5) is 10.6 Å². The van der Waals surface area contributed by atoms with Crippen LogP contribution in [0.3, 0.4) is 0 Å². The Morgan fingerprint density at radius 3 is 3.18 bits per heavy atom. The van der Waals surface area contributed by atoms with Crippen molar-refractivity contribution in [2.45, 2.75) is 31.3 Å². The van der Waals surface area contributed by atoms with Gasteiger partial charge in [-0.25, -0.2) is 4.79 Å². The number of H-pyrrole nitrogens is 1. The van der Waals surface area contributed by atoms with Crippen LogP contribution in [0.2, 0.25) is 0 Å². The van der Waals surface area contributed by atoms with Crippen molar-refractivity contribution in [1.82, 2.24) is 10.2 Å². The lowest BCUT2D eigenvalue weighted by atomic mass is 10.0. The van der Waals surface area contributed by atoms with Gasteiger partial charge in [-0.05, 0) is 19.3 Å². The molecule has 0 spiro atoms. The smallest absolute Gasteiger partial charge is 0.404 e. The molecule has 1 saturated carbocycles. The van der Waals surface area contributed by atoms with Gasteiger partial charge in [-0.2, -0.15) is 5.10 Å². The molecule has 0 saturated heterocycles. The summed E-state index contributed by atoms with van der Waals surface area (Å²) in [6.45, 7) is 0. The number of amides is 2. The number of hydrogen-bond donors (Lipinski definition) is 3. The molecule has 2 unspecified atom stereocenters. The quantitative estimate of drug-likeness (QED) is 0.671. The third-order valence-electron chi connectivity index (χ3n) is 2.91. The number of nitrogens with two attached hydrogens (primary N) is 1. The van der Waals surface area contributed by atoms with E-state index in [9.17, 15) is 9.59 Å². The molecule has 1 aliphatic rings. The average Bonchev–Trinajstić information content (AvgIpc) is 2.86. The topological polar surface area (TPSA) is 110 Å². The lowest BCUT2D eigenvalue weighted by molar-refractivity contribution is -0.105. The second-order valence-electron chi connectivity index (χ2n) is 4.04. The molecule has 92 valence electrons. The first-order valence-corrected chi connectivity index (χ1v) is 5.40. The molecular formula is C10H14N4O3. The van der Waals surface area contributed by atoms with Gasteiger partial charge in [0.1, 0.15) is 6.10 Å². The van der Waals surface area contributed by atoms with E-state index < -0.39 is 6.09 Å². The van der Waals surface area contributed by atoms with Crippen LogP contribution >= 0.6 is 0 Å². The first-order valence-electron chi connectivity index (χ1n) is 5.40. The van der Waals surface area contributed by atoms with Crippen LogP contribution in [0.1, 0.15) is 30.9 Å². The molecule has 7 nitrogen and oxygen atoms in total. The monoisotopic (exact) mass is 238 g/mol. The highest BCUT2D eigenvalue weighted by molar-refractivity contribution is 5.68. The van der Waals surface area contributed by atoms with E-state index in [4.69, 9.17) is 10.5 Å². The molecule has 1 fully saturated rings. The highest BCUT2D eigenvalue weighted by Gasteiger charge is 2.29. The van der Waals surface area contributed by atoms with Crippen LogP contribution in [0.15, 0.2) is 6.07 Å². The minimum absolute atomic E-state index is 0.122. The van der Waals surface area contributed by atoms with Crippen molar-refractivity contribution in [3.8, 4) is 0 Å². The van der Waals surface area contributed by atoms with E-state index >= 15 is 0 Å². The zero-order valence-electron chi connectivity index (χ0n) is 9.18. The predicted octanol–water partition coefficient (Wildman–Crippen LogP) is 0.709. The van der Waals surface area contributed by atoms with Crippen molar-refractivity contribution < 1.29 is 14.3 Å². The number of nitrogens with one attached hydrogen (secondary N) is 2. The average molecular weight is 238 g/mol. The molecule has 7 heteroatoms. The van der Waals surface area contributed by atoms with Gasteiger partial charge in [-0.15, -0.1) is 0 Å². The molecule has 0 bridgehead atoms. The number of carbonyl (C=O) groups is 2. The molecule has 0 radical (unpaired) electrons. The summed E-state index contributed by atoms with van der Waals surface area (Å²) < 4.78 is 4.95. The van der Waals surface area contributed by atoms with Crippen LogP contribution in [0.25, 0.3) is 0 Å². The Morgan fingerprint density at radius 2 is 2.47 bits per heavy atom. The van der Waals surface area contributed by atoms with Crippen molar-refractivity contribution in [2.75, 3.05) is 5.32 Å². The van der Waals surface area contributed by atoms with Crippen LogP contribution in [0.5, 0.6) is 0 Å². The SMILES string of the molecule is NC(=O)OC1CCC(c2cc(NC=O)n[nH]2)C1. The molecule has 1 aromatic rings. The van der Waals surface area contributed by atoms with E-state index in [1.165, 1.54) is 0 Å². The molecule has 2 amide bonds. The van der Waals surface area contributed by atoms with Gasteiger partial charge in [0.05, 0.1) is 0 Å². The van der Waals surface area contributed by atoms with E-state index in [1.807, 2.05) is 0 Å². The van der Waals surface area contributed by atoms with Gasteiger partial charge in [0.2, 0.25) is 6.41 Å². The van der Waals surface area contributed by atoms with Crippen molar-refractivity contribution in [2.24, 2.45) is 5.73 Å². The molecule has 2 rings (SSSR count). The second kappa shape index (κ2) is 4.86. The van der Waals surface area contributed by atoms with Crippen LogP contribution in [-0.4, -0.2) is 28.8 Å². The first-order chi connectivity index (χ1) is 8.19. The fraction of sp³-hybridized carbons (Fsp3) is 0.500. The first kappa shape index (κ1) is 11.4. The number of hydrogen-bond acceptors (Lipinski definition) is 4.